The molecule has 0 radical (unpaired) electrons. The Balaban J connectivity index is 3.10. The lowest BCUT2D eigenvalue weighted by molar-refractivity contribution is 0.204. The first kappa shape index (κ1) is 14.0. The van der Waals surface area contributed by atoms with Gasteiger partial charge in [-0.15, -0.1) is 0 Å². The summed E-state index contributed by atoms with van der Waals surface area (Å²) in [7, 11) is 1.68. The van der Waals surface area contributed by atoms with Crippen molar-refractivity contribution in [1.29, 1.82) is 0 Å². The van der Waals surface area contributed by atoms with Gasteiger partial charge in [-0.25, -0.2) is 0 Å². The summed E-state index contributed by atoms with van der Waals surface area (Å²) in [5.74, 6) is 1.23. The molecular weight excluding hydrogens is 216 g/mol. The second-order valence-electron chi connectivity index (χ2n) is 2.88. The van der Waals surface area contributed by atoms with E-state index in [1.54, 1.807) is 7.11 Å². The van der Waals surface area contributed by atoms with Crippen molar-refractivity contribution < 1.29 is 4.74 Å². The minimum absolute atomic E-state index is 0.689. The molecule has 0 fully saturated rings. The normalized spacial score (nSPS) is 9.86. The minimum Gasteiger partial charge on any atom is -0.383 e. The number of unbranched alkanes of at least 4 members (excludes halogenated alkanes) is 1. The molecule has 0 saturated heterocycles. The molecule has 0 amide bonds. The van der Waals surface area contributed by atoms with Gasteiger partial charge in [-0.2, -0.15) is 11.8 Å². The van der Waals surface area contributed by atoms with Gasteiger partial charge >= 0.3 is 0 Å². The molecule has 0 aromatic rings. The van der Waals surface area contributed by atoms with Crippen molar-refractivity contribution in [1.82, 2.24) is 10.6 Å². The Morgan fingerprint density at radius 3 is 2.64 bits per heavy atom. The molecule has 14 heavy (non-hydrogen) atoms. The van der Waals surface area contributed by atoms with Gasteiger partial charge in [-0.3, -0.25) is 0 Å². The van der Waals surface area contributed by atoms with Crippen LogP contribution in [0.4, 0.5) is 0 Å². The maximum Gasteiger partial charge on any atom is 0.166 e. The predicted molar refractivity (Wildman–Crippen MR) is 68.1 cm³/mol. The van der Waals surface area contributed by atoms with Crippen LogP contribution in [0.25, 0.3) is 0 Å². The van der Waals surface area contributed by atoms with Crippen LogP contribution in [0.1, 0.15) is 12.8 Å². The van der Waals surface area contributed by atoms with E-state index in [1.807, 2.05) is 11.8 Å². The monoisotopic (exact) mass is 236 g/mol. The van der Waals surface area contributed by atoms with E-state index in [2.05, 4.69) is 16.9 Å². The maximum absolute atomic E-state index is 5.06. The Hall–Kier alpha value is 0. The van der Waals surface area contributed by atoms with E-state index in [1.165, 1.54) is 18.6 Å². The molecule has 0 aromatic carbocycles. The SMILES string of the molecule is COCCNC(=S)NCCCCSC. The van der Waals surface area contributed by atoms with Crippen LogP contribution in [0.5, 0.6) is 0 Å². The summed E-state index contributed by atoms with van der Waals surface area (Å²) >= 11 is 6.95. The quantitative estimate of drug-likeness (QED) is 0.489. The van der Waals surface area contributed by atoms with Crippen LogP contribution in [0, 0.1) is 0 Å². The van der Waals surface area contributed by atoms with Crippen LogP contribution in [0.3, 0.4) is 0 Å². The zero-order valence-corrected chi connectivity index (χ0v) is 10.6. The van der Waals surface area contributed by atoms with E-state index in [0.717, 1.165) is 18.2 Å². The second-order valence-corrected chi connectivity index (χ2v) is 4.27. The fraction of sp³-hybridized carbons (Fsp3) is 0.889. The summed E-state index contributed by atoms with van der Waals surface area (Å²) in [5.41, 5.74) is 0. The van der Waals surface area contributed by atoms with Crippen LogP contribution in [0.15, 0.2) is 0 Å². The first-order valence-corrected chi connectivity index (χ1v) is 6.61. The first-order chi connectivity index (χ1) is 6.81. The molecule has 3 nitrogen and oxygen atoms in total. The van der Waals surface area contributed by atoms with E-state index in [9.17, 15) is 0 Å². The van der Waals surface area contributed by atoms with Crippen molar-refractivity contribution in [3.8, 4) is 0 Å². The van der Waals surface area contributed by atoms with Gasteiger partial charge in [0, 0.05) is 20.2 Å². The molecule has 2 N–H and O–H groups in total. The van der Waals surface area contributed by atoms with Gasteiger partial charge < -0.3 is 15.4 Å². The molecular formula is C9H20N2OS2. The fourth-order valence-electron chi connectivity index (χ4n) is 0.902. The number of nitrogens with one attached hydrogen (secondary N) is 2. The third-order valence-electron chi connectivity index (χ3n) is 1.65. The van der Waals surface area contributed by atoms with Gasteiger partial charge in [0.1, 0.15) is 0 Å². The number of thioether (sulfide) groups is 1. The van der Waals surface area contributed by atoms with Crippen LogP contribution in [-0.2, 0) is 4.74 Å². The highest BCUT2D eigenvalue weighted by molar-refractivity contribution is 7.98. The Bertz CT molecular complexity index is 145. The number of methoxy groups -OCH3 is 1. The van der Waals surface area contributed by atoms with Crippen molar-refractivity contribution in [3.63, 3.8) is 0 Å². The van der Waals surface area contributed by atoms with Crippen LogP contribution < -0.4 is 10.6 Å². The smallest absolute Gasteiger partial charge is 0.166 e. The van der Waals surface area contributed by atoms with Crippen LogP contribution in [-0.4, -0.2) is 43.9 Å². The van der Waals surface area contributed by atoms with E-state index >= 15 is 0 Å². The molecule has 0 atom stereocenters. The summed E-state index contributed by atoms with van der Waals surface area (Å²) in [6, 6.07) is 0. The Morgan fingerprint density at radius 2 is 2.00 bits per heavy atom. The van der Waals surface area contributed by atoms with E-state index < -0.39 is 0 Å². The second kappa shape index (κ2) is 11.1. The highest BCUT2D eigenvalue weighted by Crippen LogP contribution is 1.97. The van der Waals surface area contributed by atoms with E-state index in [-0.39, 0.29) is 0 Å². The third kappa shape index (κ3) is 10.1. The van der Waals surface area contributed by atoms with Crippen molar-refractivity contribution in [2.45, 2.75) is 12.8 Å². The molecule has 0 aliphatic rings. The van der Waals surface area contributed by atoms with Crippen molar-refractivity contribution >= 4 is 29.1 Å². The fourth-order valence-corrected chi connectivity index (χ4v) is 1.60. The molecule has 0 spiro atoms. The molecule has 0 aliphatic heterocycles. The molecule has 84 valence electrons. The summed E-state index contributed by atoms with van der Waals surface area (Å²) in [5, 5.41) is 6.95. The van der Waals surface area contributed by atoms with Gasteiger partial charge in [0.2, 0.25) is 0 Å². The molecule has 0 rings (SSSR count). The number of rotatable bonds is 8. The predicted octanol–water partition coefficient (Wildman–Crippen LogP) is 1.24. The number of ether oxygens (including phenoxy) is 1. The summed E-state index contributed by atoms with van der Waals surface area (Å²) in [6.45, 7) is 2.42. The Kier molecular flexibility index (Phi) is 11.1. The standard InChI is InChI=1S/C9H20N2OS2/c1-12-7-6-11-9(13)10-5-3-4-8-14-2/h3-8H2,1-2H3,(H2,10,11,13). The van der Waals surface area contributed by atoms with Gasteiger partial charge in [-0.1, -0.05) is 0 Å². The summed E-state index contributed by atoms with van der Waals surface area (Å²) in [6.07, 6.45) is 4.55. The highest BCUT2D eigenvalue weighted by Gasteiger charge is 1.93. The average molecular weight is 236 g/mol. The van der Waals surface area contributed by atoms with Crippen molar-refractivity contribution in [2.75, 3.05) is 38.8 Å². The van der Waals surface area contributed by atoms with Crippen LogP contribution >= 0.6 is 24.0 Å². The van der Waals surface area contributed by atoms with Crippen molar-refractivity contribution in [2.24, 2.45) is 0 Å². The minimum atomic E-state index is 0.689. The molecule has 0 heterocycles. The zero-order chi connectivity index (χ0) is 10.6. The van der Waals surface area contributed by atoms with Gasteiger partial charge in [0.15, 0.2) is 5.11 Å². The van der Waals surface area contributed by atoms with Crippen LogP contribution in [0.2, 0.25) is 0 Å². The number of thiocarbonyl (C=S) groups is 1. The third-order valence-corrected chi connectivity index (χ3v) is 2.64. The molecule has 0 aliphatic carbocycles. The Morgan fingerprint density at radius 1 is 1.29 bits per heavy atom. The van der Waals surface area contributed by atoms with E-state index in [4.69, 9.17) is 17.0 Å². The highest BCUT2D eigenvalue weighted by atomic mass is 32.2. The van der Waals surface area contributed by atoms with Gasteiger partial charge in [0.25, 0.3) is 0 Å². The topological polar surface area (TPSA) is 33.3 Å². The lowest BCUT2D eigenvalue weighted by atomic mass is 10.3. The first-order valence-electron chi connectivity index (χ1n) is 4.81. The average Bonchev–Trinajstić information content (AvgIpc) is 2.18. The molecule has 0 aromatic heterocycles. The number of hydrogen-bond acceptors (Lipinski definition) is 3. The summed E-state index contributed by atoms with van der Waals surface area (Å²) in [4.78, 5) is 0. The molecule has 0 saturated carbocycles. The lowest BCUT2D eigenvalue weighted by Crippen LogP contribution is -2.37. The van der Waals surface area contributed by atoms with Crippen molar-refractivity contribution in [3.05, 3.63) is 0 Å². The zero-order valence-electron chi connectivity index (χ0n) is 8.97. The van der Waals surface area contributed by atoms with E-state index in [0.29, 0.717) is 6.61 Å². The van der Waals surface area contributed by atoms with Gasteiger partial charge in [0.05, 0.1) is 6.61 Å². The molecule has 5 heteroatoms. The number of hydrogen-bond donors (Lipinski definition) is 2. The maximum atomic E-state index is 5.06. The Labute approximate surface area is 96.4 Å². The molecule has 0 unspecified atom stereocenters. The molecule has 0 bridgehead atoms. The summed E-state index contributed by atoms with van der Waals surface area (Å²) < 4.78 is 4.90. The largest absolute Gasteiger partial charge is 0.383 e. The van der Waals surface area contributed by atoms with Gasteiger partial charge in [-0.05, 0) is 37.1 Å². The lowest BCUT2D eigenvalue weighted by Gasteiger charge is -2.09.